The molecular formula is C20H21FN2O3. The van der Waals surface area contributed by atoms with Gasteiger partial charge in [-0.25, -0.2) is 9.37 Å². The lowest BCUT2D eigenvalue weighted by molar-refractivity contribution is 0.0960. The van der Waals surface area contributed by atoms with E-state index in [1.54, 1.807) is 12.1 Å². The fourth-order valence-corrected chi connectivity index (χ4v) is 3.52. The van der Waals surface area contributed by atoms with Gasteiger partial charge in [-0.1, -0.05) is 12.1 Å². The molecule has 1 fully saturated rings. The highest BCUT2D eigenvalue weighted by molar-refractivity contribution is 5.94. The highest BCUT2D eigenvalue weighted by Crippen LogP contribution is 2.29. The van der Waals surface area contributed by atoms with Crippen molar-refractivity contribution in [3.8, 4) is 11.6 Å². The molecule has 1 unspecified atom stereocenters. The molecule has 2 aliphatic rings. The van der Waals surface area contributed by atoms with E-state index in [0.29, 0.717) is 49.4 Å². The number of benzene rings is 1. The minimum absolute atomic E-state index is 0.00667. The van der Waals surface area contributed by atoms with Crippen LogP contribution in [0, 0.1) is 5.82 Å². The maximum absolute atomic E-state index is 13.1. The molecule has 0 radical (unpaired) electrons. The number of ether oxygens (including phenoxy) is 2. The molecule has 26 heavy (non-hydrogen) atoms. The summed E-state index contributed by atoms with van der Waals surface area (Å²) in [7, 11) is 0. The fraction of sp³-hybridized carbons (Fsp3) is 0.400. The first-order valence-electron chi connectivity index (χ1n) is 8.97. The first-order chi connectivity index (χ1) is 12.7. The van der Waals surface area contributed by atoms with Gasteiger partial charge >= 0.3 is 0 Å². The molecule has 2 aliphatic heterocycles. The largest absolute Gasteiger partial charge is 0.484 e. The number of hydrogen-bond acceptors (Lipinski definition) is 5. The highest BCUT2D eigenvalue weighted by Gasteiger charge is 2.24. The van der Waals surface area contributed by atoms with Gasteiger partial charge in [-0.2, -0.15) is 0 Å². The van der Waals surface area contributed by atoms with E-state index in [-0.39, 0.29) is 11.6 Å². The number of ketones is 1. The Kier molecular flexibility index (Phi) is 4.84. The Bertz CT molecular complexity index is 794. The molecular weight excluding hydrogens is 335 g/mol. The molecule has 0 N–H and O–H groups in total. The summed E-state index contributed by atoms with van der Waals surface area (Å²) in [6.45, 7) is 3.51. The maximum atomic E-state index is 13.1. The van der Waals surface area contributed by atoms with Crippen LogP contribution in [0.2, 0.25) is 0 Å². The van der Waals surface area contributed by atoms with Crippen LogP contribution in [0.1, 0.15) is 34.8 Å². The van der Waals surface area contributed by atoms with E-state index >= 15 is 0 Å². The third kappa shape index (κ3) is 3.70. The summed E-state index contributed by atoms with van der Waals surface area (Å²) in [5.74, 6) is 1.19. The van der Waals surface area contributed by atoms with Crippen molar-refractivity contribution in [2.45, 2.75) is 18.8 Å². The first-order valence-corrected chi connectivity index (χ1v) is 8.97. The van der Waals surface area contributed by atoms with E-state index in [2.05, 4.69) is 9.88 Å². The molecule has 1 atom stereocenters. The molecule has 2 aromatic rings. The number of carbonyl (C=O) groups excluding carboxylic acids is 1. The van der Waals surface area contributed by atoms with Crippen LogP contribution in [0.25, 0.3) is 0 Å². The summed E-state index contributed by atoms with van der Waals surface area (Å²) >= 11 is 0. The van der Waals surface area contributed by atoms with Crippen LogP contribution in [0.3, 0.4) is 0 Å². The number of likely N-dealkylation sites (tertiary alicyclic amines) is 1. The van der Waals surface area contributed by atoms with Gasteiger partial charge in [-0.05, 0) is 48.7 Å². The molecule has 136 valence electrons. The van der Waals surface area contributed by atoms with E-state index in [4.69, 9.17) is 9.47 Å². The zero-order chi connectivity index (χ0) is 17.9. The highest BCUT2D eigenvalue weighted by atomic mass is 19.1. The van der Waals surface area contributed by atoms with Crippen molar-refractivity contribution in [2.75, 3.05) is 32.8 Å². The second-order valence-corrected chi connectivity index (χ2v) is 6.71. The minimum Gasteiger partial charge on any atom is -0.484 e. The van der Waals surface area contributed by atoms with Crippen molar-refractivity contribution in [3.63, 3.8) is 0 Å². The van der Waals surface area contributed by atoms with Crippen LogP contribution in [-0.4, -0.2) is 48.5 Å². The fourth-order valence-electron chi connectivity index (χ4n) is 3.52. The molecule has 3 heterocycles. The molecule has 0 amide bonds. The van der Waals surface area contributed by atoms with Gasteiger partial charge in [-0.15, -0.1) is 0 Å². The summed E-state index contributed by atoms with van der Waals surface area (Å²) in [5, 5.41) is 0. The van der Waals surface area contributed by atoms with Crippen molar-refractivity contribution < 1.29 is 18.7 Å². The summed E-state index contributed by atoms with van der Waals surface area (Å²) in [6, 6.07) is 10.2. The van der Waals surface area contributed by atoms with Crippen LogP contribution in [0.4, 0.5) is 4.39 Å². The molecule has 4 rings (SSSR count). The molecule has 5 nitrogen and oxygen atoms in total. The second-order valence-electron chi connectivity index (χ2n) is 6.71. The normalized spacial score (nSPS) is 19.5. The Morgan fingerprint density at radius 2 is 1.96 bits per heavy atom. The van der Waals surface area contributed by atoms with Crippen molar-refractivity contribution in [1.82, 2.24) is 9.88 Å². The summed E-state index contributed by atoms with van der Waals surface area (Å²) in [4.78, 5) is 19.0. The van der Waals surface area contributed by atoms with Gasteiger partial charge in [0.15, 0.2) is 11.5 Å². The lowest BCUT2D eigenvalue weighted by Gasteiger charge is -2.18. The van der Waals surface area contributed by atoms with Crippen molar-refractivity contribution in [2.24, 2.45) is 0 Å². The van der Waals surface area contributed by atoms with Gasteiger partial charge in [0.25, 0.3) is 5.88 Å². The Morgan fingerprint density at radius 1 is 1.15 bits per heavy atom. The molecule has 0 spiro atoms. The Morgan fingerprint density at radius 3 is 2.81 bits per heavy atom. The predicted molar refractivity (Wildman–Crippen MR) is 94.4 cm³/mol. The van der Waals surface area contributed by atoms with Gasteiger partial charge in [-0.3, -0.25) is 4.79 Å². The zero-order valence-corrected chi connectivity index (χ0v) is 14.5. The molecule has 6 heteroatoms. The van der Waals surface area contributed by atoms with Gasteiger partial charge < -0.3 is 14.4 Å². The van der Waals surface area contributed by atoms with Crippen LogP contribution in [-0.2, 0) is 0 Å². The van der Waals surface area contributed by atoms with Crippen molar-refractivity contribution >= 4 is 5.78 Å². The molecule has 0 saturated carbocycles. The van der Waals surface area contributed by atoms with Crippen LogP contribution < -0.4 is 9.47 Å². The molecule has 1 aromatic carbocycles. The lowest BCUT2D eigenvalue weighted by Crippen LogP contribution is -2.24. The first kappa shape index (κ1) is 17.0. The van der Waals surface area contributed by atoms with E-state index < -0.39 is 0 Å². The summed E-state index contributed by atoms with van der Waals surface area (Å²) < 4.78 is 23.9. The smallest absolute Gasteiger partial charge is 0.257 e. The summed E-state index contributed by atoms with van der Waals surface area (Å²) in [6.07, 6.45) is 1.45. The number of pyridine rings is 1. The third-order valence-electron chi connectivity index (χ3n) is 4.96. The van der Waals surface area contributed by atoms with Crippen LogP contribution >= 0.6 is 0 Å². The van der Waals surface area contributed by atoms with Crippen molar-refractivity contribution in [1.29, 1.82) is 0 Å². The van der Waals surface area contributed by atoms with E-state index in [1.165, 1.54) is 12.1 Å². The second kappa shape index (κ2) is 7.41. The van der Waals surface area contributed by atoms with Gasteiger partial charge in [0.2, 0.25) is 0 Å². The van der Waals surface area contributed by atoms with E-state index in [9.17, 15) is 9.18 Å². The molecule has 1 aromatic heterocycles. The number of fused-ring (bicyclic) bond motifs is 1. The van der Waals surface area contributed by atoms with Crippen LogP contribution in [0.5, 0.6) is 11.6 Å². The number of hydrogen-bond donors (Lipinski definition) is 0. The standard InChI is InChI=1S/C20H21FN2O3/c21-16-3-1-14(2-4-16)15-7-9-23(13-15)10-8-18(24)17-5-6-19-20(22-17)26-12-11-25-19/h1-6,15H,7-13H2. The summed E-state index contributed by atoms with van der Waals surface area (Å²) in [5.41, 5.74) is 1.58. The Hall–Kier alpha value is -2.47. The topological polar surface area (TPSA) is 51.7 Å². The Labute approximate surface area is 151 Å². The minimum atomic E-state index is -0.207. The van der Waals surface area contributed by atoms with E-state index in [0.717, 1.165) is 25.1 Å². The number of carbonyl (C=O) groups is 1. The molecule has 0 bridgehead atoms. The average molecular weight is 356 g/mol. The van der Waals surface area contributed by atoms with Gasteiger partial charge in [0.1, 0.15) is 24.7 Å². The molecule has 0 aliphatic carbocycles. The maximum Gasteiger partial charge on any atom is 0.257 e. The Balaban J connectivity index is 1.31. The quantitative estimate of drug-likeness (QED) is 0.771. The van der Waals surface area contributed by atoms with Gasteiger partial charge in [0, 0.05) is 19.5 Å². The predicted octanol–water partition coefficient (Wildman–Crippen LogP) is 3.05. The number of nitrogens with zero attached hydrogens (tertiary/aromatic N) is 2. The number of aromatic nitrogens is 1. The SMILES string of the molecule is O=C(CCN1CCC(c2ccc(F)cc2)C1)c1ccc2c(n1)OCCO2. The van der Waals surface area contributed by atoms with Crippen LogP contribution in [0.15, 0.2) is 36.4 Å². The van der Waals surface area contributed by atoms with E-state index in [1.807, 2.05) is 12.1 Å². The molecule has 1 saturated heterocycles. The average Bonchev–Trinajstić information content (AvgIpc) is 3.15. The van der Waals surface area contributed by atoms with Gasteiger partial charge in [0.05, 0.1) is 0 Å². The number of halogens is 1. The number of rotatable bonds is 5. The third-order valence-corrected chi connectivity index (χ3v) is 4.96. The zero-order valence-electron chi connectivity index (χ0n) is 14.5. The van der Waals surface area contributed by atoms with Crippen molar-refractivity contribution in [3.05, 3.63) is 53.5 Å². The monoisotopic (exact) mass is 356 g/mol. The lowest BCUT2D eigenvalue weighted by atomic mass is 9.99. The number of Topliss-reactive ketones (excluding diaryl/α,β-unsaturated/α-hetero) is 1.